The molecule has 0 radical (unpaired) electrons. The Balaban J connectivity index is 2.33. The molecule has 128 valence electrons. The highest BCUT2D eigenvalue weighted by atomic mass is 16.4. The van der Waals surface area contributed by atoms with E-state index < -0.39 is 23.3 Å². The molecule has 1 aromatic heterocycles. The average molecular weight is 338 g/mol. The summed E-state index contributed by atoms with van der Waals surface area (Å²) in [5, 5.41) is 9.84. The number of nitrogens with zero attached hydrogens (tertiary/aromatic N) is 2. The molecule has 6 heteroatoms. The topological polar surface area (TPSA) is 81.3 Å². The highest BCUT2D eigenvalue weighted by Crippen LogP contribution is 2.16. The second kappa shape index (κ2) is 6.76. The van der Waals surface area contributed by atoms with Crippen molar-refractivity contribution < 1.29 is 9.90 Å². The summed E-state index contributed by atoms with van der Waals surface area (Å²) in [5.74, 6) is -1.10. The molecule has 0 bridgehead atoms. The Labute approximate surface area is 143 Å². The molecule has 0 aliphatic heterocycles. The summed E-state index contributed by atoms with van der Waals surface area (Å²) in [5.41, 5.74) is 0.116. The minimum Gasteiger partial charge on any atom is -0.480 e. The normalized spacial score (nSPS) is 12.2. The van der Waals surface area contributed by atoms with Crippen molar-refractivity contribution in [3.63, 3.8) is 0 Å². The minimum atomic E-state index is -1.10. The van der Waals surface area contributed by atoms with E-state index in [1.165, 1.54) is 4.57 Å². The molecular formula is C19H18N2O4. The van der Waals surface area contributed by atoms with Crippen molar-refractivity contribution in [1.29, 1.82) is 0 Å². The number of carboxylic acids is 1. The molecule has 25 heavy (non-hydrogen) atoms. The molecule has 3 rings (SSSR count). The number of aliphatic carboxylic acids is 1. The first-order valence-corrected chi connectivity index (χ1v) is 8.05. The molecule has 6 nitrogen and oxygen atoms in total. The number of benzene rings is 2. The van der Waals surface area contributed by atoms with Gasteiger partial charge in [0, 0.05) is 0 Å². The van der Waals surface area contributed by atoms with E-state index in [9.17, 15) is 19.5 Å². The molecular weight excluding hydrogens is 320 g/mol. The number of aromatic nitrogens is 2. The fourth-order valence-corrected chi connectivity index (χ4v) is 3.00. The lowest BCUT2D eigenvalue weighted by Gasteiger charge is -2.19. The monoisotopic (exact) mass is 338 g/mol. The quantitative estimate of drug-likeness (QED) is 0.773. The second-order valence-corrected chi connectivity index (χ2v) is 5.81. The van der Waals surface area contributed by atoms with Gasteiger partial charge in [-0.25, -0.2) is 9.59 Å². The third-order valence-corrected chi connectivity index (χ3v) is 4.24. The first kappa shape index (κ1) is 16.7. The first-order chi connectivity index (χ1) is 12.0. The van der Waals surface area contributed by atoms with Crippen molar-refractivity contribution in [2.75, 3.05) is 0 Å². The van der Waals surface area contributed by atoms with Crippen LogP contribution < -0.4 is 11.2 Å². The van der Waals surface area contributed by atoms with Gasteiger partial charge in [0.05, 0.1) is 17.4 Å². The van der Waals surface area contributed by atoms with E-state index in [-0.39, 0.29) is 13.0 Å². The molecule has 1 N–H and O–H groups in total. The second-order valence-electron chi connectivity index (χ2n) is 5.81. The molecule has 0 saturated heterocycles. The Bertz CT molecular complexity index is 1030. The standard InChI is InChI=1S/C19H18N2O4/c1-2-15(18(23)24)21-16-11-7-6-10-14(16)17(22)20(19(21)25)12-13-8-4-3-5-9-13/h3-11,15H,2,12H2,1H3,(H,23,24). The highest BCUT2D eigenvalue weighted by Gasteiger charge is 2.23. The molecule has 0 aliphatic carbocycles. The van der Waals surface area contributed by atoms with Crippen molar-refractivity contribution >= 4 is 16.9 Å². The van der Waals surface area contributed by atoms with Gasteiger partial charge < -0.3 is 5.11 Å². The molecule has 0 amide bonds. The molecule has 1 heterocycles. The lowest BCUT2D eigenvalue weighted by Crippen LogP contribution is -2.43. The van der Waals surface area contributed by atoms with Crippen LogP contribution in [0.25, 0.3) is 10.9 Å². The van der Waals surface area contributed by atoms with Crippen LogP contribution in [0.3, 0.4) is 0 Å². The van der Waals surface area contributed by atoms with Crippen molar-refractivity contribution in [2.24, 2.45) is 0 Å². The number of fused-ring (bicyclic) bond motifs is 1. The van der Waals surface area contributed by atoms with Crippen LogP contribution in [0.5, 0.6) is 0 Å². The van der Waals surface area contributed by atoms with Gasteiger partial charge in [0.1, 0.15) is 6.04 Å². The van der Waals surface area contributed by atoms with Crippen LogP contribution in [0.15, 0.2) is 64.2 Å². The van der Waals surface area contributed by atoms with Crippen molar-refractivity contribution in [3.05, 3.63) is 81.0 Å². The zero-order chi connectivity index (χ0) is 18.0. The van der Waals surface area contributed by atoms with Gasteiger partial charge in [-0.05, 0) is 24.1 Å². The molecule has 1 atom stereocenters. The summed E-state index contributed by atoms with van der Waals surface area (Å²) in [6.45, 7) is 1.80. The highest BCUT2D eigenvalue weighted by molar-refractivity contribution is 5.81. The smallest absolute Gasteiger partial charge is 0.332 e. The van der Waals surface area contributed by atoms with Gasteiger partial charge in [0.25, 0.3) is 5.56 Å². The van der Waals surface area contributed by atoms with E-state index >= 15 is 0 Å². The summed E-state index contributed by atoms with van der Waals surface area (Å²) in [7, 11) is 0. The van der Waals surface area contributed by atoms with Crippen LogP contribution in [0.2, 0.25) is 0 Å². The van der Waals surface area contributed by atoms with E-state index in [0.29, 0.717) is 10.9 Å². The Hall–Kier alpha value is -3.15. The Kier molecular flexibility index (Phi) is 4.52. The summed E-state index contributed by atoms with van der Waals surface area (Å²) in [6, 6.07) is 14.7. The van der Waals surface area contributed by atoms with Crippen molar-refractivity contribution in [1.82, 2.24) is 9.13 Å². The lowest BCUT2D eigenvalue weighted by atomic mass is 10.1. The van der Waals surface area contributed by atoms with Gasteiger partial charge in [-0.2, -0.15) is 0 Å². The molecule has 0 fully saturated rings. The third-order valence-electron chi connectivity index (χ3n) is 4.24. The Morgan fingerprint density at radius 2 is 1.68 bits per heavy atom. The molecule has 0 saturated carbocycles. The molecule has 2 aromatic carbocycles. The number of carboxylic acid groups (broad SMARTS) is 1. The van der Waals surface area contributed by atoms with Crippen LogP contribution in [0.1, 0.15) is 24.9 Å². The van der Waals surface area contributed by atoms with Crippen molar-refractivity contribution in [2.45, 2.75) is 25.9 Å². The number of carbonyl (C=O) groups is 1. The van der Waals surface area contributed by atoms with E-state index in [1.54, 1.807) is 31.2 Å². The SMILES string of the molecule is CCC(C(=O)O)n1c(=O)n(Cc2ccccc2)c(=O)c2ccccc21. The van der Waals surface area contributed by atoms with Crippen LogP contribution in [-0.2, 0) is 11.3 Å². The fraction of sp³-hybridized carbons (Fsp3) is 0.211. The Morgan fingerprint density at radius 1 is 1.04 bits per heavy atom. The Morgan fingerprint density at radius 3 is 2.32 bits per heavy atom. The largest absolute Gasteiger partial charge is 0.480 e. The molecule has 1 unspecified atom stereocenters. The van der Waals surface area contributed by atoms with Crippen molar-refractivity contribution in [3.8, 4) is 0 Å². The van der Waals surface area contributed by atoms with Gasteiger partial charge in [-0.3, -0.25) is 13.9 Å². The lowest BCUT2D eigenvalue weighted by molar-refractivity contribution is -0.141. The molecule has 3 aromatic rings. The van der Waals surface area contributed by atoms with Crippen LogP contribution >= 0.6 is 0 Å². The van der Waals surface area contributed by atoms with E-state index in [0.717, 1.165) is 10.1 Å². The third kappa shape index (κ3) is 2.98. The van der Waals surface area contributed by atoms with Gasteiger partial charge in [-0.15, -0.1) is 0 Å². The number of para-hydroxylation sites is 1. The number of hydrogen-bond acceptors (Lipinski definition) is 3. The fourth-order valence-electron chi connectivity index (χ4n) is 3.00. The van der Waals surface area contributed by atoms with Gasteiger partial charge in [0.15, 0.2) is 0 Å². The van der Waals surface area contributed by atoms with Crippen LogP contribution in [0.4, 0.5) is 0 Å². The maximum Gasteiger partial charge on any atom is 0.332 e. The average Bonchev–Trinajstić information content (AvgIpc) is 2.62. The summed E-state index contributed by atoms with van der Waals surface area (Å²) >= 11 is 0. The van der Waals surface area contributed by atoms with Gasteiger partial charge in [-0.1, -0.05) is 49.4 Å². The van der Waals surface area contributed by atoms with Gasteiger partial charge in [0.2, 0.25) is 0 Å². The summed E-state index contributed by atoms with van der Waals surface area (Å²) < 4.78 is 2.31. The maximum absolute atomic E-state index is 13.0. The van der Waals surface area contributed by atoms with Gasteiger partial charge >= 0.3 is 11.7 Å². The summed E-state index contributed by atoms with van der Waals surface area (Å²) in [6.07, 6.45) is 0.239. The van der Waals surface area contributed by atoms with E-state index in [1.807, 2.05) is 30.3 Å². The maximum atomic E-state index is 13.0. The molecule has 0 spiro atoms. The van der Waals surface area contributed by atoms with E-state index in [4.69, 9.17) is 0 Å². The van der Waals surface area contributed by atoms with Crippen LogP contribution in [0, 0.1) is 0 Å². The zero-order valence-electron chi connectivity index (χ0n) is 13.8. The van der Waals surface area contributed by atoms with Crippen LogP contribution in [-0.4, -0.2) is 20.2 Å². The number of rotatable bonds is 5. The minimum absolute atomic E-state index is 0.0966. The first-order valence-electron chi connectivity index (χ1n) is 8.05. The predicted octanol–water partition coefficient (Wildman–Crippen LogP) is 2.25. The van der Waals surface area contributed by atoms with E-state index in [2.05, 4.69) is 0 Å². The summed E-state index contributed by atoms with van der Waals surface area (Å²) in [4.78, 5) is 37.4. The zero-order valence-corrected chi connectivity index (χ0v) is 13.8. The number of hydrogen-bond donors (Lipinski definition) is 1. The predicted molar refractivity (Wildman–Crippen MR) is 95.0 cm³/mol. The molecule has 0 aliphatic rings.